The molecule has 6 heteroatoms. The topological polar surface area (TPSA) is 59.2 Å². The van der Waals surface area contributed by atoms with Gasteiger partial charge >= 0.3 is 0 Å². The van der Waals surface area contributed by atoms with Crippen molar-refractivity contribution in [1.29, 1.82) is 0 Å². The predicted molar refractivity (Wildman–Crippen MR) is 85.4 cm³/mol. The summed E-state index contributed by atoms with van der Waals surface area (Å²) in [6.07, 6.45) is 6.44. The Bertz CT molecular complexity index is 426. The number of fused-ring (bicyclic) bond motifs is 1. The van der Waals surface area contributed by atoms with E-state index in [1.807, 2.05) is 14.0 Å². The number of aryl methyl sites for hydroxylation is 2. The lowest BCUT2D eigenvalue weighted by Gasteiger charge is -2.19. The molecular formula is C14H24ClN3OS. The van der Waals surface area contributed by atoms with Crippen LogP contribution in [0.25, 0.3) is 0 Å². The molecular weight excluding hydrogens is 294 g/mol. The molecule has 0 saturated carbocycles. The third-order valence-electron chi connectivity index (χ3n) is 3.56. The molecule has 2 rings (SSSR count). The molecule has 1 heterocycles. The highest BCUT2D eigenvalue weighted by atomic mass is 35.5. The number of amides is 1. The number of halogens is 1. The molecule has 1 unspecified atom stereocenters. The van der Waals surface area contributed by atoms with Gasteiger partial charge in [0.15, 0.2) is 0 Å². The van der Waals surface area contributed by atoms with E-state index in [1.54, 1.807) is 16.2 Å². The Labute approximate surface area is 131 Å². The fourth-order valence-electron chi connectivity index (χ4n) is 2.47. The minimum absolute atomic E-state index is 0. The molecule has 1 aromatic heterocycles. The summed E-state index contributed by atoms with van der Waals surface area (Å²) in [5.41, 5.74) is 7.13. The van der Waals surface area contributed by atoms with Crippen molar-refractivity contribution in [3.63, 3.8) is 0 Å². The molecule has 0 aromatic carbocycles. The summed E-state index contributed by atoms with van der Waals surface area (Å²) in [4.78, 5) is 19.9. The van der Waals surface area contributed by atoms with Crippen LogP contribution in [0.3, 0.4) is 0 Å². The zero-order valence-corrected chi connectivity index (χ0v) is 13.9. The van der Waals surface area contributed by atoms with E-state index >= 15 is 0 Å². The van der Waals surface area contributed by atoms with Gasteiger partial charge in [-0.25, -0.2) is 4.98 Å². The number of hydrogen-bond acceptors (Lipinski definition) is 4. The first-order valence-corrected chi connectivity index (χ1v) is 7.91. The van der Waals surface area contributed by atoms with Crippen LogP contribution in [-0.4, -0.2) is 28.9 Å². The summed E-state index contributed by atoms with van der Waals surface area (Å²) in [6, 6.07) is -0.371. The van der Waals surface area contributed by atoms with Crippen LogP contribution < -0.4 is 5.73 Å². The van der Waals surface area contributed by atoms with Crippen LogP contribution in [0, 0.1) is 0 Å². The van der Waals surface area contributed by atoms with Crippen LogP contribution in [0.15, 0.2) is 0 Å². The average Bonchev–Trinajstić information content (AvgIpc) is 2.80. The molecule has 2 N–H and O–H groups in total. The summed E-state index contributed by atoms with van der Waals surface area (Å²) < 4.78 is 0. The third-order valence-corrected chi connectivity index (χ3v) is 4.70. The lowest BCUT2D eigenvalue weighted by atomic mass is 10.0. The molecule has 0 aliphatic heterocycles. The van der Waals surface area contributed by atoms with E-state index in [1.165, 1.54) is 23.4 Å². The Morgan fingerprint density at radius 2 is 2.15 bits per heavy atom. The minimum atomic E-state index is -0.371. The maximum absolute atomic E-state index is 12.1. The van der Waals surface area contributed by atoms with E-state index in [2.05, 4.69) is 4.98 Å². The van der Waals surface area contributed by atoms with Crippen molar-refractivity contribution in [3.8, 4) is 0 Å². The normalized spacial score (nSPS) is 15.2. The zero-order chi connectivity index (χ0) is 13.8. The van der Waals surface area contributed by atoms with Crippen molar-refractivity contribution in [2.75, 3.05) is 7.05 Å². The largest absolute Gasteiger partial charge is 0.338 e. The van der Waals surface area contributed by atoms with Gasteiger partial charge < -0.3 is 10.6 Å². The highest BCUT2D eigenvalue weighted by Crippen LogP contribution is 2.27. The van der Waals surface area contributed by atoms with Crippen LogP contribution >= 0.6 is 23.7 Å². The van der Waals surface area contributed by atoms with E-state index in [0.29, 0.717) is 6.54 Å². The van der Waals surface area contributed by atoms with Gasteiger partial charge in [-0.05, 0) is 32.1 Å². The summed E-state index contributed by atoms with van der Waals surface area (Å²) >= 11 is 1.76. The number of rotatable bonds is 5. The number of carbonyl (C=O) groups is 1. The average molecular weight is 318 g/mol. The molecule has 0 saturated heterocycles. The molecule has 4 nitrogen and oxygen atoms in total. The number of nitrogens with zero attached hydrogens (tertiary/aromatic N) is 2. The highest BCUT2D eigenvalue weighted by molar-refractivity contribution is 7.11. The van der Waals surface area contributed by atoms with Crippen LogP contribution in [0.2, 0.25) is 0 Å². The first kappa shape index (κ1) is 17.4. The maximum Gasteiger partial charge on any atom is 0.239 e. The number of aromatic nitrogens is 1. The first-order chi connectivity index (χ1) is 9.11. The fraction of sp³-hybridized carbons (Fsp3) is 0.714. The Morgan fingerprint density at radius 1 is 1.45 bits per heavy atom. The van der Waals surface area contributed by atoms with Crippen molar-refractivity contribution in [2.24, 2.45) is 5.73 Å². The van der Waals surface area contributed by atoms with Gasteiger partial charge in [-0.3, -0.25) is 4.79 Å². The first-order valence-electron chi connectivity index (χ1n) is 7.09. The van der Waals surface area contributed by atoms with Crippen LogP contribution in [-0.2, 0) is 24.2 Å². The Hall–Kier alpha value is -0.650. The Balaban J connectivity index is 0.00000200. The van der Waals surface area contributed by atoms with E-state index in [0.717, 1.165) is 30.7 Å². The number of likely N-dealkylation sites (N-methyl/N-ethyl adjacent to an activating group) is 1. The second-order valence-electron chi connectivity index (χ2n) is 5.27. The highest BCUT2D eigenvalue weighted by Gasteiger charge is 2.20. The van der Waals surface area contributed by atoms with Crippen LogP contribution in [0.4, 0.5) is 0 Å². The molecule has 0 fully saturated rings. The molecule has 1 aliphatic rings. The van der Waals surface area contributed by atoms with Crippen molar-refractivity contribution in [3.05, 3.63) is 15.6 Å². The minimum Gasteiger partial charge on any atom is -0.338 e. The Kier molecular flexibility index (Phi) is 6.92. The van der Waals surface area contributed by atoms with Crippen LogP contribution in [0.5, 0.6) is 0 Å². The van der Waals surface area contributed by atoms with E-state index in [-0.39, 0.29) is 24.4 Å². The van der Waals surface area contributed by atoms with Gasteiger partial charge in [-0.1, -0.05) is 13.3 Å². The molecule has 0 bridgehead atoms. The van der Waals surface area contributed by atoms with Gasteiger partial charge in [0.25, 0.3) is 0 Å². The SMILES string of the molecule is CCCC(N)C(=O)N(C)Cc1nc2c(s1)CCCC2.Cl. The number of carbonyl (C=O) groups excluding carboxylic acids is 1. The van der Waals surface area contributed by atoms with Crippen LogP contribution in [0.1, 0.15) is 48.2 Å². The van der Waals surface area contributed by atoms with Gasteiger partial charge in [0, 0.05) is 11.9 Å². The second kappa shape index (κ2) is 7.96. The van der Waals surface area contributed by atoms with E-state index in [4.69, 9.17) is 5.73 Å². The van der Waals surface area contributed by atoms with E-state index < -0.39 is 0 Å². The lowest BCUT2D eigenvalue weighted by molar-refractivity contribution is -0.132. The second-order valence-corrected chi connectivity index (χ2v) is 6.44. The molecule has 0 radical (unpaired) electrons. The Morgan fingerprint density at radius 3 is 2.80 bits per heavy atom. The maximum atomic E-state index is 12.1. The molecule has 1 aromatic rings. The molecule has 1 atom stereocenters. The lowest BCUT2D eigenvalue weighted by Crippen LogP contribution is -2.41. The molecule has 0 spiro atoms. The predicted octanol–water partition coefficient (Wildman–Crippen LogP) is 2.53. The molecule has 20 heavy (non-hydrogen) atoms. The van der Waals surface area contributed by atoms with Crippen molar-refractivity contribution < 1.29 is 4.79 Å². The number of nitrogens with two attached hydrogens (primary N) is 1. The monoisotopic (exact) mass is 317 g/mol. The molecule has 1 amide bonds. The van der Waals surface area contributed by atoms with Crippen molar-refractivity contribution in [1.82, 2.24) is 9.88 Å². The third kappa shape index (κ3) is 4.17. The fourth-order valence-corrected chi connectivity index (χ4v) is 3.68. The zero-order valence-electron chi connectivity index (χ0n) is 12.2. The summed E-state index contributed by atoms with van der Waals surface area (Å²) in [5, 5.41) is 1.05. The van der Waals surface area contributed by atoms with E-state index in [9.17, 15) is 4.79 Å². The number of thiazole rings is 1. The number of hydrogen-bond donors (Lipinski definition) is 1. The quantitative estimate of drug-likeness (QED) is 0.908. The standard InChI is InChI=1S/C14H23N3OS.ClH/c1-3-6-10(15)14(18)17(2)9-13-16-11-7-4-5-8-12(11)19-13;/h10H,3-9,15H2,1-2H3;1H. The summed E-state index contributed by atoms with van der Waals surface area (Å²) in [5.74, 6) is 0.0232. The van der Waals surface area contributed by atoms with Gasteiger partial charge in [-0.15, -0.1) is 23.7 Å². The van der Waals surface area contributed by atoms with Crippen molar-refractivity contribution >= 4 is 29.7 Å². The smallest absolute Gasteiger partial charge is 0.239 e. The van der Waals surface area contributed by atoms with Gasteiger partial charge in [0.05, 0.1) is 18.3 Å². The van der Waals surface area contributed by atoms with Gasteiger partial charge in [-0.2, -0.15) is 0 Å². The summed E-state index contributed by atoms with van der Waals surface area (Å²) in [7, 11) is 1.82. The van der Waals surface area contributed by atoms with Gasteiger partial charge in [0.1, 0.15) is 5.01 Å². The molecule has 114 valence electrons. The summed E-state index contributed by atoms with van der Waals surface area (Å²) in [6.45, 7) is 2.63. The van der Waals surface area contributed by atoms with Crippen molar-refractivity contribution in [2.45, 2.75) is 58.0 Å². The van der Waals surface area contributed by atoms with Gasteiger partial charge in [0.2, 0.25) is 5.91 Å². The molecule has 1 aliphatic carbocycles.